The summed E-state index contributed by atoms with van der Waals surface area (Å²) in [6, 6.07) is 6.75. The van der Waals surface area contributed by atoms with Crippen molar-refractivity contribution in [3.63, 3.8) is 0 Å². The third kappa shape index (κ3) is 4.74. The summed E-state index contributed by atoms with van der Waals surface area (Å²) in [6.45, 7) is 3.73. The number of nitrogens with one attached hydrogen (secondary N) is 2. The van der Waals surface area contributed by atoms with Crippen LogP contribution in [0.3, 0.4) is 0 Å². The fourth-order valence-electron chi connectivity index (χ4n) is 4.77. The van der Waals surface area contributed by atoms with Crippen LogP contribution in [-0.4, -0.2) is 74.2 Å². The Labute approximate surface area is 214 Å². The third-order valence-electron chi connectivity index (χ3n) is 6.63. The lowest BCUT2D eigenvalue weighted by Gasteiger charge is -2.30. The molecule has 2 aliphatic rings. The van der Waals surface area contributed by atoms with Gasteiger partial charge in [-0.05, 0) is 24.3 Å². The van der Waals surface area contributed by atoms with E-state index in [1.807, 2.05) is 6.07 Å². The highest BCUT2D eigenvalue weighted by Gasteiger charge is 2.26. The molecule has 4 heterocycles. The number of carbonyl (C=O) groups is 1. The van der Waals surface area contributed by atoms with Crippen molar-refractivity contribution in [3.8, 4) is 6.01 Å². The van der Waals surface area contributed by atoms with Crippen molar-refractivity contribution < 1.29 is 18.1 Å². The maximum Gasteiger partial charge on any atom is 0.316 e. The van der Waals surface area contributed by atoms with Gasteiger partial charge in [-0.15, -0.1) is 0 Å². The van der Waals surface area contributed by atoms with E-state index in [0.717, 1.165) is 37.3 Å². The number of ether oxygens (including phenoxy) is 1. The zero-order valence-electron chi connectivity index (χ0n) is 20.2. The minimum absolute atomic E-state index is 0.166. The number of hydrogen-bond acceptors (Lipinski definition) is 8. The van der Waals surface area contributed by atoms with Crippen LogP contribution >= 0.6 is 0 Å². The molecule has 0 saturated carbocycles. The lowest BCUT2D eigenvalue weighted by molar-refractivity contribution is 0.102. The number of aromatic nitrogens is 4. The third-order valence-corrected chi connectivity index (χ3v) is 8.32. The molecule has 2 fully saturated rings. The van der Waals surface area contributed by atoms with Crippen molar-refractivity contribution in [2.45, 2.75) is 0 Å². The summed E-state index contributed by atoms with van der Waals surface area (Å²) in [6.07, 6.45) is 3.38. The van der Waals surface area contributed by atoms with Crippen LogP contribution in [0.15, 0.2) is 36.7 Å². The number of fused-ring (bicyclic) bond motifs is 2. The highest BCUT2D eigenvalue weighted by molar-refractivity contribution is 7.86. The molecule has 2 aliphatic heterocycles. The van der Waals surface area contributed by atoms with E-state index in [4.69, 9.17) is 4.74 Å². The van der Waals surface area contributed by atoms with Crippen LogP contribution in [0, 0.1) is 11.7 Å². The molecule has 192 valence electrons. The van der Waals surface area contributed by atoms with E-state index in [1.165, 1.54) is 10.7 Å². The summed E-state index contributed by atoms with van der Waals surface area (Å²) >= 11 is 0. The van der Waals surface area contributed by atoms with Gasteiger partial charge in [0.05, 0.1) is 17.7 Å². The van der Waals surface area contributed by atoms with Gasteiger partial charge in [-0.2, -0.15) is 10.1 Å². The minimum Gasteiger partial charge on any atom is -0.463 e. The SMILES string of the molecule is Cn1cc2cc(NC(=O)c3ccc(N4CCNCC4)c4cnc(OCC5CS(=O)C5)nc34)cc(F)c2n1. The number of nitrogens with zero attached hydrogens (tertiary/aromatic N) is 5. The van der Waals surface area contributed by atoms with Crippen LogP contribution in [0.25, 0.3) is 21.8 Å². The summed E-state index contributed by atoms with van der Waals surface area (Å²) in [5, 5.41) is 11.6. The van der Waals surface area contributed by atoms with E-state index >= 15 is 0 Å². The fourth-order valence-corrected chi connectivity index (χ4v) is 5.92. The Bertz CT molecular complexity index is 1530. The van der Waals surface area contributed by atoms with Crippen molar-refractivity contribution in [3.05, 3.63) is 48.0 Å². The van der Waals surface area contributed by atoms with Crippen molar-refractivity contribution in [2.24, 2.45) is 13.0 Å². The number of carbonyl (C=O) groups excluding carboxylic acids is 1. The molecule has 12 heteroatoms. The number of halogens is 1. The first kappa shape index (κ1) is 23.7. The van der Waals surface area contributed by atoms with Gasteiger partial charge in [0.1, 0.15) is 5.52 Å². The fraction of sp³-hybridized carbons (Fsp3) is 0.360. The van der Waals surface area contributed by atoms with Gasteiger partial charge in [-0.1, -0.05) is 0 Å². The largest absolute Gasteiger partial charge is 0.463 e. The van der Waals surface area contributed by atoms with Crippen molar-refractivity contribution >= 4 is 49.9 Å². The van der Waals surface area contributed by atoms with E-state index in [1.54, 1.807) is 31.6 Å². The topological polar surface area (TPSA) is 114 Å². The maximum absolute atomic E-state index is 14.6. The van der Waals surface area contributed by atoms with Crippen LogP contribution in [-0.2, 0) is 17.8 Å². The second kappa shape index (κ2) is 9.67. The normalized spacial score (nSPS) is 19.7. The predicted octanol–water partition coefficient (Wildman–Crippen LogP) is 2.07. The van der Waals surface area contributed by atoms with E-state index in [9.17, 15) is 13.4 Å². The van der Waals surface area contributed by atoms with E-state index in [2.05, 4.69) is 30.6 Å². The molecular formula is C25H26FN7O3S. The second-order valence-corrected chi connectivity index (χ2v) is 10.9. The van der Waals surface area contributed by atoms with Gasteiger partial charge >= 0.3 is 6.01 Å². The quantitative estimate of drug-likeness (QED) is 0.395. The molecule has 0 atom stereocenters. The van der Waals surface area contributed by atoms with Crippen molar-refractivity contribution in [1.82, 2.24) is 25.1 Å². The van der Waals surface area contributed by atoms with E-state index < -0.39 is 22.5 Å². The monoisotopic (exact) mass is 523 g/mol. The van der Waals surface area contributed by atoms with E-state index in [0.29, 0.717) is 40.3 Å². The summed E-state index contributed by atoms with van der Waals surface area (Å²) in [5.74, 6) is 0.520. The molecule has 0 bridgehead atoms. The standard InChI is InChI=1S/C25H26FN7O3S/c1-32-11-16-8-17(9-20(26)22(16)31-32)29-24(34)18-2-3-21(33-6-4-27-5-7-33)19-10-28-25(30-23(18)19)36-12-15-13-37(35)14-15/h2-3,8-11,15,27H,4-7,12-14H2,1H3,(H,29,34). The first-order valence-electron chi connectivity index (χ1n) is 12.1. The highest BCUT2D eigenvalue weighted by atomic mass is 32.2. The van der Waals surface area contributed by atoms with Gasteiger partial charge in [0, 0.05) is 96.0 Å². The molecule has 4 aromatic rings. The number of piperazine rings is 1. The number of amides is 1. The van der Waals surface area contributed by atoms with Gasteiger partial charge in [-0.3, -0.25) is 13.7 Å². The predicted molar refractivity (Wildman–Crippen MR) is 140 cm³/mol. The Hall–Kier alpha value is -3.64. The van der Waals surface area contributed by atoms with Crippen LogP contribution in [0.1, 0.15) is 10.4 Å². The zero-order chi connectivity index (χ0) is 25.5. The van der Waals surface area contributed by atoms with Crippen LogP contribution < -0.4 is 20.3 Å². The average Bonchev–Trinajstić information content (AvgIpc) is 3.26. The molecule has 0 spiro atoms. The first-order valence-corrected chi connectivity index (χ1v) is 13.6. The first-order chi connectivity index (χ1) is 17.9. The molecule has 2 aromatic heterocycles. The average molecular weight is 524 g/mol. The molecule has 0 unspecified atom stereocenters. The van der Waals surface area contributed by atoms with Crippen LogP contribution in [0.4, 0.5) is 15.8 Å². The van der Waals surface area contributed by atoms with Gasteiger partial charge in [0.15, 0.2) is 5.82 Å². The van der Waals surface area contributed by atoms with Crippen LogP contribution in [0.2, 0.25) is 0 Å². The molecule has 37 heavy (non-hydrogen) atoms. The summed E-state index contributed by atoms with van der Waals surface area (Å²) in [5.41, 5.74) is 2.30. The number of anilines is 2. The van der Waals surface area contributed by atoms with Gasteiger partial charge in [-0.25, -0.2) is 9.37 Å². The molecule has 2 aromatic carbocycles. The Kier molecular flexibility index (Phi) is 6.21. The summed E-state index contributed by atoms with van der Waals surface area (Å²) in [7, 11) is 0.952. The number of aryl methyl sites for hydroxylation is 1. The van der Waals surface area contributed by atoms with Gasteiger partial charge in [0.25, 0.3) is 5.91 Å². The minimum atomic E-state index is -0.763. The van der Waals surface area contributed by atoms with E-state index in [-0.39, 0.29) is 17.4 Å². The highest BCUT2D eigenvalue weighted by Crippen LogP contribution is 2.31. The number of rotatable bonds is 6. The Morgan fingerprint density at radius 2 is 2.05 bits per heavy atom. The molecule has 0 radical (unpaired) electrons. The maximum atomic E-state index is 14.6. The molecule has 2 N–H and O–H groups in total. The molecular weight excluding hydrogens is 497 g/mol. The molecule has 1 amide bonds. The molecule has 10 nitrogen and oxygen atoms in total. The summed E-state index contributed by atoms with van der Waals surface area (Å²) < 4.78 is 33.3. The Morgan fingerprint density at radius 1 is 1.24 bits per heavy atom. The Morgan fingerprint density at radius 3 is 2.84 bits per heavy atom. The lowest BCUT2D eigenvalue weighted by Crippen LogP contribution is -2.43. The zero-order valence-corrected chi connectivity index (χ0v) is 21.1. The molecule has 6 rings (SSSR count). The van der Waals surface area contributed by atoms with Gasteiger partial charge < -0.3 is 20.3 Å². The number of benzene rings is 2. The van der Waals surface area contributed by atoms with Crippen molar-refractivity contribution in [1.29, 1.82) is 0 Å². The summed E-state index contributed by atoms with van der Waals surface area (Å²) in [4.78, 5) is 24.7. The smallest absolute Gasteiger partial charge is 0.316 e. The van der Waals surface area contributed by atoms with Crippen molar-refractivity contribution in [2.75, 3.05) is 54.5 Å². The van der Waals surface area contributed by atoms with Gasteiger partial charge in [0.2, 0.25) is 0 Å². The molecule has 2 saturated heterocycles. The lowest BCUT2D eigenvalue weighted by atomic mass is 10.1. The second-order valence-electron chi connectivity index (χ2n) is 9.39. The Balaban J connectivity index is 1.34. The van der Waals surface area contributed by atoms with Crippen LogP contribution in [0.5, 0.6) is 6.01 Å². The molecule has 0 aliphatic carbocycles. The number of hydrogen-bond donors (Lipinski definition) is 2.